The van der Waals surface area contributed by atoms with Crippen molar-refractivity contribution in [2.24, 2.45) is 7.05 Å². The highest BCUT2D eigenvalue weighted by Gasteiger charge is 2.11. The zero-order valence-corrected chi connectivity index (χ0v) is 11.4. The van der Waals surface area contributed by atoms with E-state index < -0.39 is 0 Å². The first kappa shape index (κ1) is 12.2. The third-order valence-corrected chi connectivity index (χ3v) is 3.57. The van der Waals surface area contributed by atoms with Crippen LogP contribution in [0.4, 0.5) is 0 Å². The molecular formula is C15H18NS+. The smallest absolute Gasteiger partial charge is 0.201 e. The molecule has 88 valence electrons. The maximum Gasteiger partial charge on any atom is 0.212 e. The first-order chi connectivity index (χ1) is 8.22. The lowest BCUT2D eigenvalue weighted by Gasteiger charge is -2.06. The molecule has 1 heterocycles. The van der Waals surface area contributed by atoms with E-state index in [4.69, 9.17) is 0 Å². The number of aromatic nitrogens is 1. The normalized spacial score (nSPS) is 10.5. The number of benzene rings is 1. The molecule has 1 aromatic carbocycles. The minimum Gasteiger partial charge on any atom is -0.201 e. The molecule has 0 unspecified atom stereocenters. The Morgan fingerprint density at radius 3 is 2.71 bits per heavy atom. The van der Waals surface area contributed by atoms with Gasteiger partial charge in [-0.15, -0.1) is 0 Å². The average Bonchev–Trinajstić information content (AvgIpc) is 2.33. The highest BCUT2D eigenvalue weighted by Crippen LogP contribution is 2.23. The van der Waals surface area contributed by atoms with E-state index in [-0.39, 0.29) is 0 Å². The third kappa shape index (κ3) is 2.70. The molecular weight excluding hydrogens is 226 g/mol. The molecule has 0 amide bonds. The highest BCUT2D eigenvalue weighted by atomic mass is 32.2. The minimum atomic E-state index is 1.07. The standard InChI is InChI=1S/C15H18NS/c1-12-7-8-13(11-17-3)10-14(12)15-6-4-5-9-16(15)2/h4-10H,11H2,1-3H3/q+1. The lowest BCUT2D eigenvalue weighted by molar-refractivity contribution is -0.660. The molecule has 0 saturated heterocycles. The van der Waals surface area contributed by atoms with E-state index in [0.29, 0.717) is 0 Å². The van der Waals surface area contributed by atoms with Gasteiger partial charge in [0, 0.05) is 23.4 Å². The lowest BCUT2D eigenvalue weighted by atomic mass is 10.0. The average molecular weight is 244 g/mol. The second kappa shape index (κ2) is 5.37. The Hall–Kier alpha value is -1.28. The second-order valence-electron chi connectivity index (χ2n) is 4.28. The van der Waals surface area contributed by atoms with Crippen LogP contribution in [0.15, 0.2) is 42.6 Å². The first-order valence-corrected chi connectivity index (χ1v) is 7.15. The monoisotopic (exact) mass is 244 g/mol. The quantitative estimate of drug-likeness (QED) is 0.749. The minimum absolute atomic E-state index is 1.07. The van der Waals surface area contributed by atoms with Crippen molar-refractivity contribution in [3.8, 4) is 11.3 Å². The second-order valence-corrected chi connectivity index (χ2v) is 5.15. The van der Waals surface area contributed by atoms with Crippen LogP contribution in [-0.2, 0) is 12.8 Å². The van der Waals surface area contributed by atoms with Crippen molar-refractivity contribution < 1.29 is 4.57 Å². The summed E-state index contributed by atoms with van der Waals surface area (Å²) in [5.74, 6) is 1.07. The molecule has 0 spiro atoms. The van der Waals surface area contributed by atoms with Crippen LogP contribution in [0.5, 0.6) is 0 Å². The van der Waals surface area contributed by atoms with Crippen molar-refractivity contribution in [2.75, 3.05) is 6.26 Å². The summed E-state index contributed by atoms with van der Waals surface area (Å²) in [5.41, 5.74) is 5.33. The van der Waals surface area contributed by atoms with Crippen LogP contribution in [0.2, 0.25) is 0 Å². The van der Waals surface area contributed by atoms with E-state index in [9.17, 15) is 0 Å². The van der Waals surface area contributed by atoms with Gasteiger partial charge in [-0.05, 0) is 36.4 Å². The van der Waals surface area contributed by atoms with Crippen molar-refractivity contribution in [3.05, 3.63) is 53.7 Å². The number of thioether (sulfide) groups is 1. The van der Waals surface area contributed by atoms with Gasteiger partial charge in [-0.1, -0.05) is 12.1 Å². The highest BCUT2D eigenvalue weighted by molar-refractivity contribution is 7.97. The van der Waals surface area contributed by atoms with Crippen molar-refractivity contribution >= 4 is 11.8 Å². The molecule has 0 aliphatic carbocycles. The summed E-state index contributed by atoms with van der Waals surface area (Å²) >= 11 is 1.86. The molecule has 0 atom stereocenters. The van der Waals surface area contributed by atoms with Crippen LogP contribution in [-0.4, -0.2) is 6.26 Å². The first-order valence-electron chi connectivity index (χ1n) is 5.76. The molecule has 2 aromatic rings. The van der Waals surface area contributed by atoms with Gasteiger partial charge in [0.05, 0.1) is 0 Å². The largest absolute Gasteiger partial charge is 0.212 e. The molecule has 1 aromatic heterocycles. The van der Waals surface area contributed by atoms with Gasteiger partial charge in [0.15, 0.2) is 6.20 Å². The van der Waals surface area contributed by atoms with Crippen LogP contribution >= 0.6 is 11.8 Å². The third-order valence-electron chi connectivity index (χ3n) is 2.94. The van der Waals surface area contributed by atoms with Gasteiger partial charge in [0.25, 0.3) is 0 Å². The molecule has 2 heteroatoms. The molecule has 17 heavy (non-hydrogen) atoms. The van der Waals surface area contributed by atoms with E-state index in [0.717, 1.165) is 5.75 Å². The van der Waals surface area contributed by atoms with Gasteiger partial charge in [-0.25, -0.2) is 4.57 Å². The van der Waals surface area contributed by atoms with Crippen LogP contribution in [0.1, 0.15) is 11.1 Å². The zero-order chi connectivity index (χ0) is 12.3. The molecule has 2 rings (SSSR count). The Morgan fingerprint density at radius 2 is 2.00 bits per heavy atom. The summed E-state index contributed by atoms with van der Waals surface area (Å²) in [5, 5.41) is 0. The fraction of sp³-hybridized carbons (Fsp3) is 0.267. The lowest BCUT2D eigenvalue weighted by Crippen LogP contribution is -2.30. The maximum absolute atomic E-state index is 2.31. The van der Waals surface area contributed by atoms with Crippen molar-refractivity contribution in [1.29, 1.82) is 0 Å². The predicted octanol–water partition coefficient (Wildman–Crippen LogP) is 3.35. The topological polar surface area (TPSA) is 3.88 Å². The number of nitrogens with zero attached hydrogens (tertiary/aromatic N) is 1. The van der Waals surface area contributed by atoms with Gasteiger partial charge >= 0.3 is 0 Å². The molecule has 0 saturated carbocycles. The molecule has 0 N–H and O–H groups in total. The van der Waals surface area contributed by atoms with E-state index in [1.165, 1.54) is 22.4 Å². The van der Waals surface area contributed by atoms with Crippen molar-refractivity contribution in [2.45, 2.75) is 12.7 Å². The van der Waals surface area contributed by atoms with Gasteiger partial charge in [0.2, 0.25) is 5.69 Å². The summed E-state index contributed by atoms with van der Waals surface area (Å²) in [6.45, 7) is 2.17. The summed E-state index contributed by atoms with van der Waals surface area (Å²) in [7, 11) is 2.09. The maximum atomic E-state index is 2.31. The Kier molecular flexibility index (Phi) is 3.85. The van der Waals surface area contributed by atoms with E-state index in [2.05, 4.69) is 67.4 Å². The van der Waals surface area contributed by atoms with E-state index in [1.807, 2.05) is 11.8 Å². The summed E-state index contributed by atoms with van der Waals surface area (Å²) in [6, 6.07) is 13.1. The molecule has 1 nitrogen and oxygen atoms in total. The Labute approximate surface area is 108 Å². The van der Waals surface area contributed by atoms with Gasteiger partial charge in [-0.2, -0.15) is 11.8 Å². The Morgan fingerprint density at radius 1 is 1.18 bits per heavy atom. The van der Waals surface area contributed by atoms with Gasteiger partial charge in [0.1, 0.15) is 7.05 Å². The fourth-order valence-electron chi connectivity index (χ4n) is 2.00. The van der Waals surface area contributed by atoms with Crippen molar-refractivity contribution in [3.63, 3.8) is 0 Å². The Balaban J connectivity index is 2.51. The van der Waals surface area contributed by atoms with Crippen LogP contribution in [0, 0.1) is 6.92 Å². The number of rotatable bonds is 3. The Bertz CT molecular complexity index is 520. The zero-order valence-electron chi connectivity index (χ0n) is 10.6. The summed E-state index contributed by atoms with van der Waals surface area (Å²) in [6.07, 6.45) is 4.23. The van der Waals surface area contributed by atoms with Crippen LogP contribution in [0.25, 0.3) is 11.3 Å². The van der Waals surface area contributed by atoms with E-state index >= 15 is 0 Å². The number of hydrogen-bond acceptors (Lipinski definition) is 1. The SMILES string of the molecule is CSCc1ccc(C)c(-c2cccc[n+]2C)c1. The van der Waals surface area contributed by atoms with E-state index in [1.54, 1.807) is 0 Å². The summed E-state index contributed by atoms with van der Waals surface area (Å²) in [4.78, 5) is 0. The molecule has 0 aliphatic rings. The molecule has 0 fully saturated rings. The number of aryl methyl sites for hydroxylation is 2. The predicted molar refractivity (Wildman–Crippen MR) is 75.0 cm³/mol. The van der Waals surface area contributed by atoms with Gasteiger partial charge < -0.3 is 0 Å². The number of pyridine rings is 1. The van der Waals surface area contributed by atoms with Crippen molar-refractivity contribution in [1.82, 2.24) is 0 Å². The van der Waals surface area contributed by atoms with Crippen LogP contribution < -0.4 is 4.57 Å². The molecule has 0 aliphatic heterocycles. The molecule has 0 radical (unpaired) electrons. The molecule has 0 bridgehead atoms. The fourth-order valence-corrected chi connectivity index (χ4v) is 2.52. The summed E-state index contributed by atoms with van der Waals surface area (Å²) < 4.78 is 2.17. The van der Waals surface area contributed by atoms with Crippen LogP contribution in [0.3, 0.4) is 0 Å². The van der Waals surface area contributed by atoms with Gasteiger partial charge in [-0.3, -0.25) is 0 Å². The number of hydrogen-bond donors (Lipinski definition) is 0.